The summed E-state index contributed by atoms with van der Waals surface area (Å²) in [6, 6.07) is 2.69. The van der Waals surface area contributed by atoms with E-state index < -0.39 is 5.97 Å². The number of hydrogen-bond acceptors (Lipinski definition) is 6. The van der Waals surface area contributed by atoms with Crippen molar-refractivity contribution >= 4 is 50.6 Å². The zero-order valence-corrected chi connectivity index (χ0v) is 22.4. The molecular formula is C24H42N4O3S2. The third-order valence-corrected chi connectivity index (χ3v) is 7.00. The lowest BCUT2D eigenvalue weighted by molar-refractivity contribution is -0.0578. The Balaban J connectivity index is 0.00000272. The van der Waals surface area contributed by atoms with Gasteiger partial charge in [-0.05, 0) is 57.6 Å². The molecular weight excluding hydrogens is 456 g/mol. The highest BCUT2D eigenvalue weighted by molar-refractivity contribution is 7.59. The lowest BCUT2D eigenvalue weighted by Gasteiger charge is -2.47. The number of carboxylic acid groups (broad SMARTS) is 1. The molecule has 2 aliphatic rings. The molecule has 0 bridgehead atoms. The molecule has 0 aromatic heterocycles. The van der Waals surface area contributed by atoms with Crippen LogP contribution in [-0.2, 0) is 11.2 Å². The van der Waals surface area contributed by atoms with E-state index in [0.29, 0.717) is 36.7 Å². The first-order valence-electron chi connectivity index (χ1n) is 11.7. The normalized spacial score (nSPS) is 20.7. The van der Waals surface area contributed by atoms with Crippen LogP contribution >= 0.6 is 27.0 Å². The van der Waals surface area contributed by atoms with Gasteiger partial charge in [0, 0.05) is 62.8 Å². The molecule has 0 radical (unpaired) electrons. The summed E-state index contributed by atoms with van der Waals surface area (Å²) in [4.78, 5) is 17.0. The van der Waals surface area contributed by atoms with Crippen molar-refractivity contribution in [2.24, 2.45) is 0 Å². The van der Waals surface area contributed by atoms with Gasteiger partial charge in [0.2, 0.25) is 0 Å². The predicted octanol–water partition coefficient (Wildman–Crippen LogP) is 4.07. The third-order valence-electron chi connectivity index (χ3n) is 7.00. The molecule has 3 rings (SSSR count). The van der Waals surface area contributed by atoms with Gasteiger partial charge in [0.25, 0.3) is 0 Å². The van der Waals surface area contributed by atoms with Gasteiger partial charge in [0.05, 0.1) is 17.4 Å². The lowest BCUT2D eigenvalue weighted by Crippen LogP contribution is -2.57. The van der Waals surface area contributed by atoms with Gasteiger partial charge in [-0.25, -0.2) is 4.79 Å². The van der Waals surface area contributed by atoms with E-state index in [1.807, 2.05) is 13.8 Å². The van der Waals surface area contributed by atoms with E-state index in [1.165, 1.54) is 6.21 Å². The molecule has 1 aliphatic heterocycles. The fourth-order valence-electron chi connectivity index (χ4n) is 5.34. The van der Waals surface area contributed by atoms with Crippen molar-refractivity contribution in [3.63, 3.8) is 0 Å². The molecule has 3 N–H and O–H groups in total. The highest BCUT2D eigenvalue weighted by Crippen LogP contribution is 2.38. The second-order valence-electron chi connectivity index (χ2n) is 8.61. The summed E-state index contributed by atoms with van der Waals surface area (Å²) < 4.78 is 5.43. The SMILES string of the molecule is CCNc1cc(C(=O)O)c(CC)c(N(CC)C2CCC(N3CC(OC)C3)CC2)c1C=N.S.S. The summed E-state index contributed by atoms with van der Waals surface area (Å²) in [5.41, 5.74) is 3.65. The number of ether oxygens (including phenoxy) is 1. The summed E-state index contributed by atoms with van der Waals surface area (Å²) >= 11 is 0. The van der Waals surface area contributed by atoms with Crippen LogP contribution in [0.25, 0.3) is 0 Å². The zero-order chi connectivity index (χ0) is 22.5. The maximum absolute atomic E-state index is 12.1. The minimum Gasteiger partial charge on any atom is -0.478 e. The minimum atomic E-state index is -0.904. The topological polar surface area (TPSA) is 88.9 Å². The minimum absolute atomic E-state index is 0. The molecule has 9 heteroatoms. The number of rotatable bonds is 10. The highest BCUT2D eigenvalue weighted by Gasteiger charge is 2.36. The molecule has 33 heavy (non-hydrogen) atoms. The molecule has 1 saturated heterocycles. The molecule has 2 fully saturated rings. The Bertz CT molecular complexity index is 794. The Labute approximate surface area is 212 Å². The fourth-order valence-corrected chi connectivity index (χ4v) is 5.34. The summed E-state index contributed by atoms with van der Waals surface area (Å²) in [6.07, 6.45) is 6.87. The quantitative estimate of drug-likeness (QED) is 0.422. The van der Waals surface area contributed by atoms with Crippen molar-refractivity contribution in [3.05, 3.63) is 22.8 Å². The zero-order valence-electron chi connectivity index (χ0n) is 20.4. The van der Waals surface area contributed by atoms with Gasteiger partial charge in [-0.15, -0.1) is 0 Å². The summed E-state index contributed by atoms with van der Waals surface area (Å²) in [7, 11) is 1.79. The molecule has 1 aromatic rings. The van der Waals surface area contributed by atoms with Crippen LogP contribution < -0.4 is 10.2 Å². The van der Waals surface area contributed by atoms with Crippen molar-refractivity contribution in [1.82, 2.24) is 4.90 Å². The predicted molar refractivity (Wildman–Crippen MR) is 147 cm³/mol. The first-order chi connectivity index (χ1) is 15.0. The molecule has 0 amide bonds. The Morgan fingerprint density at radius 1 is 1.24 bits per heavy atom. The van der Waals surface area contributed by atoms with Crippen molar-refractivity contribution in [1.29, 1.82) is 5.41 Å². The molecule has 1 aromatic carbocycles. The molecule has 0 unspecified atom stereocenters. The van der Waals surface area contributed by atoms with E-state index in [0.717, 1.165) is 67.8 Å². The first kappa shape index (κ1) is 29.6. The fraction of sp³-hybridized carbons (Fsp3) is 0.667. The number of nitrogens with one attached hydrogen (secondary N) is 2. The molecule has 188 valence electrons. The molecule has 7 nitrogen and oxygen atoms in total. The molecule has 1 aliphatic carbocycles. The average Bonchev–Trinajstić information content (AvgIpc) is 2.74. The molecule has 1 heterocycles. The number of hydrogen-bond donors (Lipinski definition) is 3. The van der Waals surface area contributed by atoms with Crippen LogP contribution in [0.4, 0.5) is 11.4 Å². The van der Waals surface area contributed by atoms with E-state index in [-0.39, 0.29) is 27.0 Å². The lowest BCUT2D eigenvalue weighted by atomic mass is 9.86. The maximum Gasteiger partial charge on any atom is 0.336 e. The van der Waals surface area contributed by atoms with Crippen LogP contribution in [0.15, 0.2) is 6.07 Å². The van der Waals surface area contributed by atoms with Gasteiger partial charge >= 0.3 is 5.97 Å². The van der Waals surface area contributed by atoms with E-state index in [9.17, 15) is 9.90 Å². The van der Waals surface area contributed by atoms with Crippen LogP contribution in [-0.4, -0.2) is 73.7 Å². The van der Waals surface area contributed by atoms with Gasteiger partial charge in [-0.2, -0.15) is 27.0 Å². The molecule has 0 atom stereocenters. The number of carbonyl (C=O) groups is 1. The average molecular weight is 499 g/mol. The van der Waals surface area contributed by atoms with Crippen LogP contribution in [0.2, 0.25) is 0 Å². The van der Waals surface area contributed by atoms with Crippen LogP contribution in [0.5, 0.6) is 0 Å². The molecule has 0 spiro atoms. The number of methoxy groups -OCH3 is 1. The number of aromatic carboxylic acids is 1. The van der Waals surface area contributed by atoms with Crippen LogP contribution in [0, 0.1) is 5.41 Å². The first-order valence-corrected chi connectivity index (χ1v) is 11.7. The smallest absolute Gasteiger partial charge is 0.336 e. The second kappa shape index (κ2) is 13.5. The summed E-state index contributed by atoms with van der Waals surface area (Å²) in [5, 5.41) is 21.3. The molecule has 1 saturated carbocycles. The Morgan fingerprint density at radius 2 is 1.88 bits per heavy atom. The van der Waals surface area contributed by atoms with Crippen LogP contribution in [0.1, 0.15) is 67.9 Å². The Kier molecular flexibility index (Phi) is 12.1. The number of nitrogens with zero attached hydrogens (tertiary/aromatic N) is 2. The number of carboxylic acids is 1. The Morgan fingerprint density at radius 3 is 2.33 bits per heavy atom. The van der Waals surface area contributed by atoms with E-state index in [4.69, 9.17) is 10.1 Å². The van der Waals surface area contributed by atoms with Crippen LogP contribution in [0.3, 0.4) is 0 Å². The second-order valence-corrected chi connectivity index (χ2v) is 8.61. The Hall–Kier alpha value is -1.42. The number of benzene rings is 1. The number of anilines is 2. The van der Waals surface area contributed by atoms with Gasteiger partial charge < -0.3 is 25.5 Å². The van der Waals surface area contributed by atoms with Crippen molar-refractivity contribution in [3.8, 4) is 0 Å². The standard InChI is InChI=1S/C24H38N4O3.2H2S/c1-5-19-20(24(29)30)12-22(26-6-2)21(13-25)23(19)28(7-3)17-10-8-16(9-11-17)27-14-18(15-27)31-4;;/h12-13,16-18,25-26H,5-11,14-15H2,1-4H3,(H,29,30);2*1H2. The summed E-state index contributed by atoms with van der Waals surface area (Å²) in [5.74, 6) is -0.904. The van der Waals surface area contributed by atoms with Crippen molar-refractivity contribution < 1.29 is 14.6 Å². The van der Waals surface area contributed by atoms with Crippen molar-refractivity contribution in [2.75, 3.05) is 43.5 Å². The maximum atomic E-state index is 12.1. The third kappa shape index (κ3) is 6.18. The summed E-state index contributed by atoms with van der Waals surface area (Å²) in [6.45, 7) is 9.69. The monoisotopic (exact) mass is 498 g/mol. The van der Waals surface area contributed by atoms with Crippen molar-refractivity contribution in [2.45, 2.75) is 71.1 Å². The van der Waals surface area contributed by atoms with E-state index >= 15 is 0 Å². The highest BCUT2D eigenvalue weighted by atomic mass is 32.1. The van der Waals surface area contributed by atoms with Gasteiger partial charge in [0.1, 0.15) is 0 Å². The largest absolute Gasteiger partial charge is 0.478 e. The van der Waals surface area contributed by atoms with Gasteiger partial charge in [0.15, 0.2) is 0 Å². The van der Waals surface area contributed by atoms with Gasteiger partial charge in [-0.1, -0.05) is 6.92 Å². The van der Waals surface area contributed by atoms with E-state index in [1.54, 1.807) is 13.2 Å². The van der Waals surface area contributed by atoms with Gasteiger partial charge in [-0.3, -0.25) is 4.90 Å². The number of likely N-dealkylation sites (tertiary alicyclic amines) is 1. The van der Waals surface area contributed by atoms with E-state index in [2.05, 4.69) is 22.0 Å².